The first-order valence-electron chi connectivity index (χ1n) is 12.4. The largest absolute Gasteiger partial charge is 0.489 e. The minimum atomic E-state index is -4.17. The number of carbonyl (C=O) groups is 3. The van der Waals surface area contributed by atoms with E-state index < -0.39 is 24.5 Å². The molecule has 2 aromatic carbocycles. The van der Waals surface area contributed by atoms with Crippen molar-refractivity contribution in [3.05, 3.63) is 64.7 Å². The molecule has 37 heavy (non-hydrogen) atoms. The van der Waals surface area contributed by atoms with Crippen LogP contribution in [0.1, 0.15) is 59.7 Å². The molecule has 1 unspecified atom stereocenters. The highest BCUT2D eigenvalue weighted by Gasteiger charge is 2.40. The minimum absolute atomic E-state index is 0.0319. The summed E-state index contributed by atoms with van der Waals surface area (Å²) in [4.78, 5) is 40.0. The van der Waals surface area contributed by atoms with Crippen LogP contribution in [-0.4, -0.2) is 52.8 Å². The highest BCUT2D eigenvalue weighted by molar-refractivity contribution is 6.05. The smallest absolute Gasteiger partial charge is 0.390 e. The van der Waals surface area contributed by atoms with Crippen LogP contribution in [0.2, 0.25) is 0 Å². The Kier molecular flexibility index (Phi) is 8.16. The number of imide groups is 1. The van der Waals surface area contributed by atoms with Crippen LogP contribution < -0.4 is 10.1 Å². The number of ether oxygens (including phenoxy) is 1. The molecule has 0 aliphatic carbocycles. The van der Waals surface area contributed by atoms with Crippen molar-refractivity contribution in [2.45, 2.75) is 64.5 Å². The molecular formula is C27H30F3N3O4. The molecule has 0 spiro atoms. The molecule has 7 nitrogen and oxygen atoms in total. The number of rotatable bonds is 10. The molecule has 2 aromatic rings. The van der Waals surface area contributed by atoms with Gasteiger partial charge in [0, 0.05) is 30.6 Å². The lowest BCUT2D eigenvalue weighted by Gasteiger charge is -2.29. The van der Waals surface area contributed by atoms with Gasteiger partial charge in [0.1, 0.15) is 18.4 Å². The number of fused-ring (bicyclic) bond motifs is 1. The highest BCUT2D eigenvalue weighted by Crippen LogP contribution is 2.34. The van der Waals surface area contributed by atoms with Gasteiger partial charge in [0.25, 0.3) is 5.91 Å². The zero-order chi connectivity index (χ0) is 26.6. The van der Waals surface area contributed by atoms with Gasteiger partial charge in [-0.15, -0.1) is 0 Å². The van der Waals surface area contributed by atoms with Gasteiger partial charge < -0.3 is 9.64 Å². The van der Waals surface area contributed by atoms with Crippen LogP contribution in [0.25, 0.3) is 0 Å². The molecule has 0 bridgehead atoms. The summed E-state index contributed by atoms with van der Waals surface area (Å²) in [7, 11) is 0. The van der Waals surface area contributed by atoms with E-state index in [1.165, 1.54) is 4.90 Å². The van der Waals surface area contributed by atoms with Crippen molar-refractivity contribution in [2.75, 3.05) is 13.1 Å². The number of amides is 3. The van der Waals surface area contributed by atoms with Crippen LogP contribution >= 0.6 is 0 Å². The first kappa shape index (κ1) is 26.7. The molecule has 0 radical (unpaired) electrons. The molecule has 2 aliphatic heterocycles. The quantitative estimate of drug-likeness (QED) is 0.478. The van der Waals surface area contributed by atoms with Crippen LogP contribution in [0.15, 0.2) is 42.5 Å². The van der Waals surface area contributed by atoms with Crippen molar-refractivity contribution in [2.24, 2.45) is 0 Å². The Morgan fingerprint density at radius 2 is 1.78 bits per heavy atom. The van der Waals surface area contributed by atoms with Crippen molar-refractivity contribution < 1.29 is 32.3 Å². The summed E-state index contributed by atoms with van der Waals surface area (Å²) in [6.07, 6.45) is -3.75. The first-order valence-corrected chi connectivity index (χ1v) is 12.4. The molecular weight excluding hydrogens is 487 g/mol. The summed E-state index contributed by atoms with van der Waals surface area (Å²) < 4.78 is 43.9. The second-order valence-corrected chi connectivity index (χ2v) is 9.43. The number of hydrogen-bond donors (Lipinski definition) is 1. The molecule has 0 saturated carbocycles. The summed E-state index contributed by atoms with van der Waals surface area (Å²) >= 11 is 0. The molecule has 4 rings (SSSR count). The average Bonchev–Trinajstić information content (AvgIpc) is 3.18. The zero-order valence-electron chi connectivity index (χ0n) is 20.6. The number of hydrogen-bond acceptors (Lipinski definition) is 5. The summed E-state index contributed by atoms with van der Waals surface area (Å²) in [5.41, 5.74) is 2.98. The minimum Gasteiger partial charge on any atom is -0.489 e. The molecule has 10 heteroatoms. The van der Waals surface area contributed by atoms with Gasteiger partial charge in [-0.3, -0.25) is 24.6 Å². The Morgan fingerprint density at radius 1 is 1.05 bits per heavy atom. The summed E-state index contributed by atoms with van der Waals surface area (Å²) in [6, 6.07) is 12.1. The van der Waals surface area contributed by atoms with Gasteiger partial charge in [-0.1, -0.05) is 37.3 Å². The van der Waals surface area contributed by atoms with E-state index in [2.05, 4.69) is 5.32 Å². The van der Waals surface area contributed by atoms with E-state index in [9.17, 15) is 27.6 Å². The number of alkyl halides is 3. The van der Waals surface area contributed by atoms with Crippen molar-refractivity contribution in [3.8, 4) is 5.75 Å². The molecule has 1 fully saturated rings. The lowest BCUT2D eigenvalue weighted by Crippen LogP contribution is -2.52. The van der Waals surface area contributed by atoms with Gasteiger partial charge in [-0.05, 0) is 42.6 Å². The molecule has 1 atom stereocenters. The Hall–Kier alpha value is -3.40. The Labute approximate surface area is 213 Å². The van der Waals surface area contributed by atoms with E-state index in [0.29, 0.717) is 36.4 Å². The van der Waals surface area contributed by atoms with Crippen LogP contribution in [0.3, 0.4) is 0 Å². The second-order valence-electron chi connectivity index (χ2n) is 9.43. The second kappa shape index (κ2) is 11.3. The van der Waals surface area contributed by atoms with E-state index in [0.717, 1.165) is 17.5 Å². The molecule has 198 valence electrons. The molecule has 1 saturated heterocycles. The predicted molar refractivity (Wildman–Crippen MR) is 130 cm³/mol. The number of halogens is 3. The Bertz CT molecular complexity index is 1150. The number of carbonyl (C=O) groups excluding carboxylic acids is 3. The zero-order valence-corrected chi connectivity index (χ0v) is 20.6. The SMILES string of the molecule is CCCN(CCC(F)(F)F)Cc1ccc(COc2cccc3c2CN(C2CCC(=O)NC2=O)C3=O)cc1. The third-order valence-electron chi connectivity index (χ3n) is 6.61. The fourth-order valence-corrected chi connectivity index (χ4v) is 4.72. The van der Waals surface area contributed by atoms with Crippen molar-refractivity contribution in [3.63, 3.8) is 0 Å². The lowest BCUT2D eigenvalue weighted by atomic mass is 10.0. The topological polar surface area (TPSA) is 79.0 Å². The fraction of sp³-hybridized carbons (Fsp3) is 0.444. The standard InChI is InChI=1S/C27H30F3N3O4/c1-2-13-32(14-12-27(28,29)30)15-18-6-8-19(9-7-18)17-37-23-5-3-4-20-21(23)16-33(26(20)36)22-10-11-24(34)31-25(22)35/h3-9,22H,2,10-17H2,1H3,(H,31,34,35). The Balaban J connectivity index is 1.37. The van der Waals surface area contributed by atoms with E-state index in [1.54, 1.807) is 23.1 Å². The van der Waals surface area contributed by atoms with E-state index in [4.69, 9.17) is 4.74 Å². The van der Waals surface area contributed by atoms with Gasteiger partial charge in [0.2, 0.25) is 11.8 Å². The van der Waals surface area contributed by atoms with Gasteiger partial charge in [0.15, 0.2) is 0 Å². The average molecular weight is 518 g/mol. The summed E-state index contributed by atoms with van der Waals surface area (Å²) in [5, 5.41) is 2.30. The van der Waals surface area contributed by atoms with Gasteiger partial charge in [0.05, 0.1) is 13.0 Å². The lowest BCUT2D eigenvalue weighted by molar-refractivity contribution is -0.138. The third-order valence-corrected chi connectivity index (χ3v) is 6.61. The monoisotopic (exact) mass is 517 g/mol. The van der Waals surface area contributed by atoms with Gasteiger partial charge in [-0.2, -0.15) is 13.2 Å². The number of benzene rings is 2. The van der Waals surface area contributed by atoms with Gasteiger partial charge >= 0.3 is 6.18 Å². The highest BCUT2D eigenvalue weighted by atomic mass is 19.4. The van der Waals surface area contributed by atoms with Crippen LogP contribution in [0, 0.1) is 0 Å². The van der Waals surface area contributed by atoms with E-state index >= 15 is 0 Å². The molecule has 2 heterocycles. The number of nitrogens with zero attached hydrogens (tertiary/aromatic N) is 2. The summed E-state index contributed by atoms with van der Waals surface area (Å²) in [6.45, 7) is 3.41. The Morgan fingerprint density at radius 3 is 2.46 bits per heavy atom. The maximum Gasteiger partial charge on any atom is 0.390 e. The maximum absolute atomic E-state index is 13.0. The van der Waals surface area contributed by atoms with Crippen molar-refractivity contribution in [1.29, 1.82) is 0 Å². The van der Waals surface area contributed by atoms with Crippen LogP contribution in [0.4, 0.5) is 13.2 Å². The van der Waals surface area contributed by atoms with Crippen molar-refractivity contribution >= 4 is 17.7 Å². The summed E-state index contributed by atoms with van der Waals surface area (Å²) in [5.74, 6) is -0.511. The van der Waals surface area contributed by atoms with Crippen molar-refractivity contribution in [1.82, 2.24) is 15.1 Å². The fourth-order valence-electron chi connectivity index (χ4n) is 4.72. The number of nitrogens with one attached hydrogen (secondary N) is 1. The molecule has 2 aliphatic rings. The normalized spacial score (nSPS) is 17.8. The number of piperidine rings is 1. The van der Waals surface area contributed by atoms with Gasteiger partial charge in [-0.25, -0.2) is 0 Å². The van der Waals surface area contributed by atoms with Crippen LogP contribution in [0.5, 0.6) is 5.75 Å². The molecule has 1 N–H and O–H groups in total. The van der Waals surface area contributed by atoms with E-state index in [-0.39, 0.29) is 37.9 Å². The molecule has 3 amide bonds. The first-order chi connectivity index (χ1) is 17.6. The predicted octanol–water partition coefficient (Wildman–Crippen LogP) is 4.19. The van der Waals surface area contributed by atoms with E-state index in [1.807, 2.05) is 31.2 Å². The van der Waals surface area contributed by atoms with Crippen LogP contribution in [-0.2, 0) is 29.3 Å². The maximum atomic E-state index is 13.0. The third kappa shape index (κ3) is 6.68. The molecule has 0 aromatic heterocycles.